The van der Waals surface area contributed by atoms with Crippen molar-refractivity contribution in [2.45, 2.75) is 0 Å². The maximum atomic E-state index is 8.92. The minimum atomic E-state index is -1.45. The summed E-state index contributed by atoms with van der Waals surface area (Å²) in [6.07, 6.45) is 18.0. The van der Waals surface area contributed by atoms with Gasteiger partial charge in [-0.05, 0) is 92.5 Å². The van der Waals surface area contributed by atoms with E-state index in [1.165, 1.54) is 6.20 Å². The highest BCUT2D eigenvalue weighted by Crippen LogP contribution is 2.31. The number of nitrogens with one attached hydrogen (secondary N) is 1. The van der Waals surface area contributed by atoms with E-state index in [-0.39, 0.29) is 0 Å². The number of rotatable bonds is 2. The van der Waals surface area contributed by atoms with Gasteiger partial charge in [-0.1, -0.05) is 11.6 Å². The molecule has 1 aromatic carbocycles. The third kappa shape index (κ3) is 8.61. The van der Waals surface area contributed by atoms with Crippen LogP contribution < -0.4 is 5.46 Å². The van der Waals surface area contributed by atoms with Gasteiger partial charge in [0.05, 0.1) is 55.2 Å². The summed E-state index contributed by atoms with van der Waals surface area (Å²) in [7, 11) is 4.45. The summed E-state index contributed by atoms with van der Waals surface area (Å²) in [5.41, 5.74) is 12.0. The van der Waals surface area contributed by atoms with Crippen LogP contribution in [0.5, 0.6) is 0 Å². The number of fused-ring (bicyclic) bond motifs is 5. The highest BCUT2D eigenvalue weighted by molar-refractivity contribution is 9.10. The molecule has 274 valence electrons. The Balaban J connectivity index is 0.000000119. The summed E-state index contributed by atoms with van der Waals surface area (Å²) < 4.78 is 8.00. The lowest BCUT2D eigenvalue weighted by Crippen LogP contribution is -2.30. The summed E-state index contributed by atoms with van der Waals surface area (Å²) in [5.74, 6) is 0. The van der Waals surface area contributed by atoms with Gasteiger partial charge < -0.3 is 28.7 Å². The lowest BCUT2D eigenvalue weighted by atomic mass is 9.81. The lowest BCUT2D eigenvalue weighted by Gasteiger charge is -2.07. The van der Waals surface area contributed by atoms with Crippen molar-refractivity contribution in [3.63, 3.8) is 0 Å². The number of halogens is 3. The Kier molecular flexibility index (Phi) is 11.4. The minimum Gasteiger partial charge on any atom is -0.423 e. The van der Waals surface area contributed by atoms with E-state index in [4.69, 9.17) is 21.6 Å². The topological polar surface area (TPSA) is 148 Å². The first-order valence-electron chi connectivity index (χ1n) is 16.8. The Morgan fingerprint density at radius 3 is 1.84 bits per heavy atom. The van der Waals surface area contributed by atoms with E-state index in [0.717, 1.165) is 75.2 Å². The van der Waals surface area contributed by atoms with Gasteiger partial charge in [0, 0.05) is 114 Å². The maximum absolute atomic E-state index is 8.92. The second-order valence-electron chi connectivity index (χ2n) is 12.5. The van der Waals surface area contributed by atoms with Crippen molar-refractivity contribution in [3.8, 4) is 11.1 Å². The van der Waals surface area contributed by atoms with E-state index in [2.05, 4.69) is 78.9 Å². The van der Waals surface area contributed by atoms with E-state index in [9.17, 15) is 0 Å². The normalized spacial score (nSPS) is 10.9. The molecule has 0 unspecified atom stereocenters. The van der Waals surface area contributed by atoms with Gasteiger partial charge in [0.2, 0.25) is 0 Å². The van der Waals surface area contributed by atoms with Crippen LogP contribution >= 0.6 is 43.5 Å². The van der Waals surface area contributed by atoms with Crippen LogP contribution in [0.2, 0.25) is 5.02 Å². The number of pyridine rings is 4. The second kappa shape index (κ2) is 16.5. The largest absolute Gasteiger partial charge is 0.490 e. The summed E-state index contributed by atoms with van der Waals surface area (Å²) in [6.45, 7) is 0. The van der Waals surface area contributed by atoms with Crippen LogP contribution in [0.4, 0.5) is 0 Å². The average Bonchev–Trinajstić information content (AvgIpc) is 3.99. The van der Waals surface area contributed by atoms with Crippen LogP contribution in [-0.4, -0.2) is 65.8 Å². The molecule has 0 amide bonds. The highest BCUT2D eigenvalue weighted by atomic mass is 79.9. The highest BCUT2D eigenvalue weighted by Gasteiger charge is 2.13. The molecule has 16 heteroatoms. The van der Waals surface area contributed by atoms with Crippen molar-refractivity contribution >= 4 is 111 Å². The van der Waals surface area contributed by atoms with Crippen LogP contribution in [0.15, 0.2) is 132 Å². The van der Waals surface area contributed by atoms with Gasteiger partial charge in [-0.2, -0.15) is 0 Å². The molecular formula is C39H32BBr2ClN10O2. The van der Waals surface area contributed by atoms with E-state index >= 15 is 0 Å². The van der Waals surface area contributed by atoms with E-state index in [1.54, 1.807) is 24.7 Å². The fraction of sp³-hybridized carbons (Fsp3) is 0.0769. The number of H-pyrrole nitrogens is 1. The SMILES string of the molecule is Brc1cnc2cc[nH]c2c1.Cn1ccc2ncc(-c3cc(Cl)cc4nccnc34)cc21.Cn1ccc2ncc(B(O)O)cc21.Cn1ccc2ncc(Br)cc21. The molecule has 0 aliphatic rings. The number of hydrogen-bond acceptors (Lipinski definition) is 8. The molecule has 0 saturated carbocycles. The molecule has 0 bridgehead atoms. The Bertz CT molecular complexity index is 2920. The van der Waals surface area contributed by atoms with Crippen molar-refractivity contribution in [1.82, 2.24) is 48.6 Å². The Labute approximate surface area is 336 Å². The molecule has 9 aromatic heterocycles. The number of aryl methyl sites for hydroxylation is 3. The molecule has 0 radical (unpaired) electrons. The van der Waals surface area contributed by atoms with Crippen LogP contribution in [0.1, 0.15) is 0 Å². The fourth-order valence-electron chi connectivity index (χ4n) is 5.86. The van der Waals surface area contributed by atoms with Gasteiger partial charge in [-0.15, -0.1) is 0 Å². The molecular weight excluding hydrogens is 847 g/mol. The van der Waals surface area contributed by atoms with E-state index < -0.39 is 7.12 Å². The van der Waals surface area contributed by atoms with E-state index in [1.807, 2.05) is 114 Å². The molecule has 0 aliphatic heterocycles. The zero-order valence-corrected chi connectivity index (χ0v) is 33.6. The van der Waals surface area contributed by atoms with Gasteiger partial charge in [0.15, 0.2) is 0 Å². The van der Waals surface area contributed by atoms with E-state index in [0.29, 0.717) is 10.5 Å². The monoisotopic (exact) mass is 876 g/mol. The molecule has 0 aliphatic carbocycles. The fourth-order valence-corrected chi connectivity index (χ4v) is 6.72. The van der Waals surface area contributed by atoms with Gasteiger partial charge >= 0.3 is 7.12 Å². The summed E-state index contributed by atoms with van der Waals surface area (Å²) in [5, 5.41) is 18.5. The molecule has 10 aromatic rings. The lowest BCUT2D eigenvalue weighted by molar-refractivity contribution is 0.425. The third-order valence-electron chi connectivity index (χ3n) is 8.70. The van der Waals surface area contributed by atoms with Gasteiger partial charge in [-0.3, -0.25) is 29.9 Å². The van der Waals surface area contributed by atoms with Crippen molar-refractivity contribution in [2.24, 2.45) is 21.1 Å². The smallest absolute Gasteiger partial charge is 0.423 e. The van der Waals surface area contributed by atoms with Gasteiger partial charge in [0.1, 0.15) is 0 Å². The van der Waals surface area contributed by atoms with Crippen LogP contribution in [0.25, 0.3) is 66.3 Å². The number of nitrogens with zero attached hydrogens (tertiary/aromatic N) is 9. The number of hydrogen-bond donors (Lipinski definition) is 3. The third-order valence-corrected chi connectivity index (χ3v) is 9.79. The van der Waals surface area contributed by atoms with Crippen molar-refractivity contribution < 1.29 is 10.0 Å². The summed E-state index contributed by atoms with van der Waals surface area (Å²) >= 11 is 12.9. The molecule has 0 spiro atoms. The second-order valence-corrected chi connectivity index (χ2v) is 14.7. The number of benzene rings is 1. The number of aromatic amines is 1. The predicted octanol–water partition coefficient (Wildman–Crippen LogP) is 7.75. The Hall–Kier alpha value is -5.45. The molecule has 0 saturated heterocycles. The summed E-state index contributed by atoms with van der Waals surface area (Å²) in [6, 6.07) is 19.4. The molecule has 0 atom stereocenters. The van der Waals surface area contributed by atoms with Crippen molar-refractivity contribution in [1.29, 1.82) is 0 Å². The van der Waals surface area contributed by atoms with Gasteiger partial charge in [0.25, 0.3) is 0 Å². The number of aromatic nitrogens is 10. The molecule has 9 heterocycles. The first kappa shape index (κ1) is 37.9. The summed E-state index contributed by atoms with van der Waals surface area (Å²) in [4.78, 5) is 28.8. The quantitative estimate of drug-likeness (QED) is 0.150. The Morgan fingerprint density at radius 2 is 1.16 bits per heavy atom. The maximum Gasteiger partial charge on any atom is 0.490 e. The van der Waals surface area contributed by atoms with Gasteiger partial charge in [-0.25, -0.2) is 0 Å². The predicted molar refractivity (Wildman–Crippen MR) is 227 cm³/mol. The first-order valence-corrected chi connectivity index (χ1v) is 18.7. The molecule has 0 fully saturated rings. The molecule has 3 N–H and O–H groups in total. The van der Waals surface area contributed by atoms with Crippen LogP contribution in [0, 0.1) is 0 Å². The Morgan fingerprint density at radius 1 is 0.600 bits per heavy atom. The molecule has 10 rings (SSSR count). The average molecular weight is 879 g/mol. The molecule has 12 nitrogen and oxygen atoms in total. The van der Waals surface area contributed by atoms with Crippen molar-refractivity contribution in [2.75, 3.05) is 0 Å². The zero-order valence-electron chi connectivity index (χ0n) is 29.7. The first-order chi connectivity index (χ1) is 26.5. The minimum absolute atomic E-state index is 0.411. The van der Waals surface area contributed by atoms with Crippen LogP contribution in [-0.2, 0) is 21.1 Å². The standard InChI is InChI=1S/C16H11ClN4.C8H9BN2O2.C8H7BrN2.C7H5BrN2/c1-21-5-2-13-15(21)6-10(9-20-13)12-7-11(17)8-14-16(12)19-4-3-18-14;1-11-3-2-7-8(11)4-6(5-10-7)9(12)13;1-11-3-2-7-8(11)4-6(9)5-10-7;8-5-3-7-6(10-4-5)1-2-9-7/h2-9H,1H3;2-5,12-13H,1H3;2-5H,1H3;1-4,9H. The molecule has 55 heavy (non-hydrogen) atoms. The zero-order chi connectivity index (χ0) is 38.6. The van der Waals surface area contributed by atoms with Crippen molar-refractivity contribution in [3.05, 3.63) is 137 Å². The van der Waals surface area contributed by atoms with Crippen LogP contribution in [0.3, 0.4) is 0 Å².